The molecular weight excluding hydrogens is 244 g/mol. The van der Waals surface area contributed by atoms with Crippen LogP contribution >= 0.6 is 0 Å². The standard InChI is InChI=1S/C14H20N2O3/c1-10-5-7-15-12(11(10)13(17)18)16-8-4-6-14(2,9-16)19-3/h5,7H,4,6,8-9H2,1-3H3,(H,17,18). The van der Waals surface area contributed by atoms with Crippen LogP contribution < -0.4 is 4.90 Å². The summed E-state index contributed by atoms with van der Waals surface area (Å²) < 4.78 is 5.54. The maximum Gasteiger partial charge on any atom is 0.339 e. The number of aromatic nitrogens is 1. The van der Waals surface area contributed by atoms with Gasteiger partial charge in [-0.05, 0) is 38.3 Å². The molecule has 0 saturated carbocycles. The lowest BCUT2D eigenvalue weighted by Crippen LogP contribution is -2.48. The molecule has 1 aliphatic heterocycles. The van der Waals surface area contributed by atoms with Crippen molar-refractivity contribution in [2.45, 2.75) is 32.3 Å². The SMILES string of the molecule is COC1(C)CCCN(c2nccc(C)c2C(=O)O)C1. The Morgan fingerprint density at radius 3 is 2.95 bits per heavy atom. The zero-order valence-corrected chi connectivity index (χ0v) is 11.6. The molecule has 5 heteroatoms. The predicted molar refractivity (Wildman–Crippen MR) is 72.8 cm³/mol. The number of aryl methyl sites for hydroxylation is 1. The van der Waals surface area contributed by atoms with Crippen LogP contribution in [0.5, 0.6) is 0 Å². The number of methoxy groups -OCH3 is 1. The number of aromatic carboxylic acids is 1. The van der Waals surface area contributed by atoms with Crippen molar-refractivity contribution in [1.82, 2.24) is 4.98 Å². The third-order valence-corrected chi connectivity index (χ3v) is 3.80. The molecule has 1 aromatic heterocycles. The van der Waals surface area contributed by atoms with E-state index in [0.717, 1.165) is 24.9 Å². The molecule has 1 N–H and O–H groups in total. The second-order valence-corrected chi connectivity index (χ2v) is 5.31. The molecule has 2 rings (SSSR count). The molecule has 1 saturated heterocycles. The summed E-state index contributed by atoms with van der Waals surface area (Å²) in [6.07, 6.45) is 3.61. The van der Waals surface area contributed by atoms with Gasteiger partial charge in [0, 0.05) is 26.4 Å². The van der Waals surface area contributed by atoms with Gasteiger partial charge in [0.25, 0.3) is 0 Å². The highest BCUT2D eigenvalue weighted by Gasteiger charge is 2.33. The lowest BCUT2D eigenvalue weighted by atomic mass is 9.94. The summed E-state index contributed by atoms with van der Waals surface area (Å²) in [5.74, 6) is -0.374. The molecule has 19 heavy (non-hydrogen) atoms. The normalized spacial score (nSPS) is 23.4. The lowest BCUT2D eigenvalue weighted by Gasteiger charge is -2.40. The van der Waals surface area contributed by atoms with E-state index in [1.54, 1.807) is 26.3 Å². The Balaban J connectivity index is 2.37. The number of carboxylic acid groups (broad SMARTS) is 1. The molecule has 1 atom stereocenters. The van der Waals surface area contributed by atoms with Gasteiger partial charge in [0.15, 0.2) is 0 Å². The minimum atomic E-state index is -0.926. The summed E-state index contributed by atoms with van der Waals surface area (Å²) >= 11 is 0. The van der Waals surface area contributed by atoms with E-state index in [1.807, 2.05) is 4.90 Å². The van der Waals surface area contributed by atoms with E-state index in [1.165, 1.54) is 0 Å². The summed E-state index contributed by atoms with van der Waals surface area (Å²) in [6, 6.07) is 1.73. The van der Waals surface area contributed by atoms with E-state index in [2.05, 4.69) is 11.9 Å². The first kappa shape index (κ1) is 13.8. The molecule has 0 aromatic carbocycles. The van der Waals surface area contributed by atoms with Gasteiger partial charge < -0.3 is 14.7 Å². The average molecular weight is 264 g/mol. The van der Waals surface area contributed by atoms with Crippen molar-refractivity contribution < 1.29 is 14.6 Å². The number of piperidine rings is 1. The molecule has 0 aliphatic carbocycles. The van der Waals surface area contributed by atoms with Gasteiger partial charge in [-0.15, -0.1) is 0 Å². The zero-order valence-electron chi connectivity index (χ0n) is 11.6. The molecule has 0 radical (unpaired) electrons. The highest BCUT2D eigenvalue weighted by molar-refractivity contribution is 5.95. The van der Waals surface area contributed by atoms with E-state index < -0.39 is 5.97 Å². The predicted octanol–water partition coefficient (Wildman–Crippen LogP) is 2.09. The molecule has 1 aliphatic rings. The minimum Gasteiger partial charge on any atom is -0.478 e. The van der Waals surface area contributed by atoms with Gasteiger partial charge in [0.05, 0.1) is 5.60 Å². The molecule has 5 nitrogen and oxygen atoms in total. The highest BCUT2D eigenvalue weighted by atomic mass is 16.5. The van der Waals surface area contributed by atoms with Crippen LogP contribution in [-0.2, 0) is 4.74 Å². The lowest BCUT2D eigenvalue weighted by molar-refractivity contribution is -0.00489. The quantitative estimate of drug-likeness (QED) is 0.905. The maximum atomic E-state index is 11.4. The Hall–Kier alpha value is -1.62. The topological polar surface area (TPSA) is 62.7 Å². The second kappa shape index (κ2) is 5.17. The maximum absolute atomic E-state index is 11.4. The Kier molecular flexibility index (Phi) is 3.75. The molecule has 0 bridgehead atoms. The van der Waals surface area contributed by atoms with Gasteiger partial charge >= 0.3 is 5.97 Å². The third kappa shape index (κ3) is 2.71. The van der Waals surface area contributed by atoms with Crippen molar-refractivity contribution in [3.8, 4) is 0 Å². The van der Waals surface area contributed by atoms with E-state index in [4.69, 9.17) is 4.74 Å². The number of hydrogen-bond donors (Lipinski definition) is 1. The van der Waals surface area contributed by atoms with Crippen LogP contribution in [0.3, 0.4) is 0 Å². The Bertz CT molecular complexity index is 490. The fourth-order valence-electron chi connectivity index (χ4n) is 2.60. The molecule has 0 spiro atoms. The fourth-order valence-corrected chi connectivity index (χ4v) is 2.60. The van der Waals surface area contributed by atoms with Crippen molar-refractivity contribution in [3.63, 3.8) is 0 Å². The Morgan fingerprint density at radius 1 is 1.58 bits per heavy atom. The summed E-state index contributed by atoms with van der Waals surface area (Å²) in [7, 11) is 1.70. The van der Waals surface area contributed by atoms with E-state index in [0.29, 0.717) is 17.9 Å². The van der Waals surface area contributed by atoms with Crippen LogP contribution in [0, 0.1) is 6.92 Å². The van der Waals surface area contributed by atoms with Crippen LogP contribution in [0.2, 0.25) is 0 Å². The number of carbonyl (C=O) groups is 1. The van der Waals surface area contributed by atoms with Gasteiger partial charge in [-0.3, -0.25) is 0 Å². The molecule has 0 amide bonds. The fraction of sp³-hybridized carbons (Fsp3) is 0.571. The summed E-state index contributed by atoms with van der Waals surface area (Å²) in [5.41, 5.74) is 0.796. The minimum absolute atomic E-state index is 0.237. The van der Waals surface area contributed by atoms with Gasteiger partial charge in [-0.25, -0.2) is 9.78 Å². The van der Waals surface area contributed by atoms with E-state index in [9.17, 15) is 9.90 Å². The van der Waals surface area contributed by atoms with Crippen molar-refractivity contribution in [1.29, 1.82) is 0 Å². The number of ether oxygens (including phenoxy) is 1. The number of nitrogens with zero attached hydrogens (tertiary/aromatic N) is 2. The monoisotopic (exact) mass is 264 g/mol. The third-order valence-electron chi connectivity index (χ3n) is 3.80. The number of hydrogen-bond acceptors (Lipinski definition) is 4. The number of rotatable bonds is 3. The summed E-state index contributed by atoms with van der Waals surface area (Å²) in [4.78, 5) is 17.7. The van der Waals surface area contributed by atoms with E-state index in [-0.39, 0.29) is 5.60 Å². The van der Waals surface area contributed by atoms with Crippen molar-refractivity contribution >= 4 is 11.8 Å². The first-order chi connectivity index (χ1) is 8.97. The molecule has 104 valence electrons. The molecule has 1 fully saturated rings. The van der Waals surface area contributed by atoms with Gasteiger partial charge in [-0.1, -0.05) is 0 Å². The van der Waals surface area contributed by atoms with Gasteiger partial charge in [0.1, 0.15) is 11.4 Å². The smallest absolute Gasteiger partial charge is 0.339 e. The average Bonchev–Trinajstić information content (AvgIpc) is 2.38. The summed E-state index contributed by atoms with van der Waals surface area (Å²) in [6.45, 7) is 5.33. The second-order valence-electron chi connectivity index (χ2n) is 5.31. The van der Waals surface area contributed by atoms with Crippen LogP contribution in [0.25, 0.3) is 0 Å². The number of anilines is 1. The molecule has 2 heterocycles. The van der Waals surface area contributed by atoms with E-state index >= 15 is 0 Å². The molecular formula is C14H20N2O3. The zero-order chi connectivity index (χ0) is 14.0. The van der Waals surface area contributed by atoms with Crippen LogP contribution in [0.4, 0.5) is 5.82 Å². The van der Waals surface area contributed by atoms with Crippen LogP contribution in [0.15, 0.2) is 12.3 Å². The van der Waals surface area contributed by atoms with Crippen LogP contribution in [-0.4, -0.2) is 41.9 Å². The largest absolute Gasteiger partial charge is 0.478 e. The van der Waals surface area contributed by atoms with Gasteiger partial charge in [0.2, 0.25) is 0 Å². The van der Waals surface area contributed by atoms with Crippen molar-refractivity contribution in [3.05, 3.63) is 23.4 Å². The highest BCUT2D eigenvalue weighted by Crippen LogP contribution is 2.29. The first-order valence-corrected chi connectivity index (χ1v) is 6.46. The van der Waals surface area contributed by atoms with Crippen molar-refractivity contribution in [2.24, 2.45) is 0 Å². The van der Waals surface area contributed by atoms with Gasteiger partial charge in [-0.2, -0.15) is 0 Å². The number of pyridine rings is 1. The van der Waals surface area contributed by atoms with Crippen LogP contribution in [0.1, 0.15) is 35.7 Å². The molecule has 1 aromatic rings. The first-order valence-electron chi connectivity index (χ1n) is 6.46. The molecule has 1 unspecified atom stereocenters. The summed E-state index contributed by atoms with van der Waals surface area (Å²) in [5, 5.41) is 9.37. The van der Waals surface area contributed by atoms with Crippen molar-refractivity contribution in [2.75, 3.05) is 25.1 Å². The Morgan fingerprint density at radius 2 is 2.32 bits per heavy atom. The number of carboxylic acids is 1. The Labute approximate surface area is 113 Å².